The summed E-state index contributed by atoms with van der Waals surface area (Å²) in [7, 11) is 0. The molecule has 67 heavy (non-hydrogen) atoms. The summed E-state index contributed by atoms with van der Waals surface area (Å²) in [5.74, 6) is 0.626. The number of nitrogens with zero attached hydrogens (tertiary/aromatic N) is 1. The lowest BCUT2D eigenvalue weighted by atomic mass is 9.33. The summed E-state index contributed by atoms with van der Waals surface area (Å²) in [5.41, 5.74) is 22.9. The second-order valence-electron chi connectivity index (χ2n) is 21.2. The quantitative estimate of drug-likeness (QED) is 0.165. The third-order valence-corrected chi connectivity index (χ3v) is 15.2. The highest BCUT2D eigenvalue weighted by Gasteiger charge is 2.48. The molecule has 2 atom stereocenters. The van der Waals surface area contributed by atoms with Crippen LogP contribution in [0.3, 0.4) is 0 Å². The molecule has 2 heterocycles. The van der Waals surface area contributed by atoms with E-state index < -0.39 is 0 Å². The third kappa shape index (κ3) is 5.95. The predicted octanol–water partition coefficient (Wildman–Crippen LogP) is 13.9. The fraction of sp³-hybridized carbons (Fsp3) is 0.159. The van der Waals surface area contributed by atoms with Gasteiger partial charge in [0.1, 0.15) is 5.75 Å². The van der Waals surface area contributed by atoms with Gasteiger partial charge in [-0.2, -0.15) is 0 Å². The molecule has 0 fully saturated rings. The fourth-order valence-corrected chi connectivity index (χ4v) is 12.0. The van der Waals surface area contributed by atoms with E-state index in [1.165, 1.54) is 66.7 Å². The number of carbonyl (C=O) groups excluding carboxylic acids is 1. The Bertz CT molecular complexity index is 3480. The van der Waals surface area contributed by atoms with Crippen LogP contribution < -0.4 is 26.0 Å². The number of benzene rings is 9. The highest BCUT2D eigenvalue weighted by atomic mass is 16.6. The van der Waals surface area contributed by atoms with E-state index in [4.69, 9.17) is 4.74 Å². The minimum absolute atomic E-state index is 0.000250. The first-order chi connectivity index (χ1) is 32.4. The summed E-state index contributed by atoms with van der Waals surface area (Å²) >= 11 is 0. The van der Waals surface area contributed by atoms with Crippen LogP contribution in [0.15, 0.2) is 182 Å². The van der Waals surface area contributed by atoms with Crippen molar-refractivity contribution in [2.24, 2.45) is 0 Å². The largest absolute Gasteiger partial charge is 0.424 e. The molecule has 4 heteroatoms. The number of amides is 1. The molecule has 2 unspecified atom stereocenters. The molecule has 3 aliphatic carbocycles. The number of hydrogen-bond acceptors (Lipinski definition) is 2. The predicted molar refractivity (Wildman–Crippen MR) is 278 cm³/mol. The van der Waals surface area contributed by atoms with Crippen LogP contribution >= 0.6 is 0 Å². The molecule has 14 rings (SSSR count). The van der Waals surface area contributed by atoms with Crippen molar-refractivity contribution >= 4 is 51.3 Å². The molecule has 5 aliphatic rings. The van der Waals surface area contributed by atoms with Gasteiger partial charge in [-0.05, 0) is 129 Å². The maximum Gasteiger partial charge on any atom is 0.424 e. The van der Waals surface area contributed by atoms with E-state index in [9.17, 15) is 4.79 Å². The van der Waals surface area contributed by atoms with E-state index in [0.717, 1.165) is 49.8 Å². The van der Waals surface area contributed by atoms with Gasteiger partial charge >= 0.3 is 6.09 Å². The molecule has 0 N–H and O–H groups in total. The van der Waals surface area contributed by atoms with Crippen molar-refractivity contribution in [1.82, 2.24) is 0 Å². The van der Waals surface area contributed by atoms with Gasteiger partial charge in [0.05, 0.1) is 5.69 Å². The van der Waals surface area contributed by atoms with E-state index in [-0.39, 0.29) is 35.5 Å². The average molecular weight is 864 g/mol. The number of fused-ring (bicyclic) bond motifs is 2. The molecular formula is C63H50BNO2. The Morgan fingerprint density at radius 2 is 0.985 bits per heavy atom. The topological polar surface area (TPSA) is 29.5 Å². The zero-order chi connectivity index (χ0) is 45.5. The normalized spacial score (nSPS) is 16.3. The van der Waals surface area contributed by atoms with Gasteiger partial charge in [-0.25, -0.2) is 9.69 Å². The molecule has 2 bridgehead atoms. The number of anilines is 2. The molecule has 3 nitrogen and oxygen atoms in total. The molecule has 0 saturated heterocycles. The van der Waals surface area contributed by atoms with Gasteiger partial charge in [-0.3, -0.25) is 0 Å². The summed E-state index contributed by atoms with van der Waals surface area (Å²) in [5, 5.41) is 2.02. The van der Waals surface area contributed by atoms with E-state index >= 15 is 0 Å². The van der Waals surface area contributed by atoms with Gasteiger partial charge in [0.25, 0.3) is 0 Å². The zero-order valence-electron chi connectivity index (χ0n) is 38.8. The van der Waals surface area contributed by atoms with Crippen LogP contribution in [0, 0.1) is 0 Å². The van der Waals surface area contributed by atoms with Crippen LogP contribution in [0.1, 0.15) is 97.9 Å². The summed E-state index contributed by atoms with van der Waals surface area (Å²) < 4.78 is 6.35. The molecule has 0 aromatic heterocycles. The lowest BCUT2D eigenvalue weighted by Gasteiger charge is -2.46. The van der Waals surface area contributed by atoms with E-state index in [0.29, 0.717) is 5.75 Å². The Morgan fingerprint density at radius 3 is 1.54 bits per heavy atom. The standard InChI is InChI=1S/C63H50BNO2/c1-62(2,3)42-27-29-45-48(33-42)57-44-28-26-43(63(4,5)6)34-49(44)58(45)51-36-54-53(35-50(51)57)64(52-30-25-40-23-16-24-55-56(40)60(52)65(54)61(66)67-55)59-46(38-19-12-8-13-20-38)31-41(37-17-10-7-11-18-37)32-47(59)39-21-14-9-15-22-39/h7-36,57-58H,1-6H3. The van der Waals surface area contributed by atoms with Crippen molar-refractivity contribution in [1.29, 1.82) is 0 Å². The van der Waals surface area contributed by atoms with Gasteiger partial charge < -0.3 is 4.74 Å². The number of carbonyl (C=O) groups is 1. The van der Waals surface area contributed by atoms with Crippen molar-refractivity contribution in [2.45, 2.75) is 64.2 Å². The molecule has 2 aliphatic heterocycles. The van der Waals surface area contributed by atoms with Gasteiger partial charge in [0.15, 0.2) is 0 Å². The first kappa shape index (κ1) is 39.9. The van der Waals surface area contributed by atoms with Crippen LogP contribution in [0.5, 0.6) is 5.75 Å². The van der Waals surface area contributed by atoms with Crippen LogP contribution in [-0.4, -0.2) is 12.8 Å². The molecule has 9 aromatic rings. The van der Waals surface area contributed by atoms with Crippen LogP contribution in [0.2, 0.25) is 0 Å². The van der Waals surface area contributed by atoms with E-state index in [2.05, 4.69) is 211 Å². The first-order valence-corrected chi connectivity index (χ1v) is 23.8. The van der Waals surface area contributed by atoms with Crippen molar-refractivity contribution in [2.75, 3.05) is 4.90 Å². The average Bonchev–Trinajstić information content (AvgIpc) is 3.34. The molecule has 1 amide bonds. The zero-order valence-corrected chi connectivity index (χ0v) is 38.8. The Labute approximate surface area is 393 Å². The minimum Gasteiger partial charge on any atom is -0.409 e. The Kier molecular flexibility index (Phi) is 8.51. The lowest BCUT2D eigenvalue weighted by Crippen LogP contribution is -2.60. The van der Waals surface area contributed by atoms with Gasteiger partial charge in [0.2, 0.25) is 6.71 Å². The van der Waals surface area contributed by atoms with Gasteiger partial charge in [-0.1, -0.05) is 205 Å². The van der Waals surface area contributed by atoms with Gasteiger partial charge in [0, 0.05) is 22.9 Å². The molecule has 0 saturated carbocycles. The lowest BCUT2D eigenvalue weighted by molar-refractivity contribution is 0.210. The number of rotatable bonds is 4. The van der Waals surface area contributed by atoms with E-state index in [1.54, 1.807) is 0 Å². The van der Waals surface area contributed by atoms with Crippen molar-refractivity contribution in [3.05, 3.63) is 226 Å². The molecule has 0 radical (unpaired) electrons. The number of ether oxygens (including phenoxy) is 1. The Balaban J connectivity index is 1.16. The van der Waals surface area contributed by atoms with E-state index in [1.807, 2.05) is 17.0 Å². The first-order valence-electron chi connectivity index (χ1n) is 23.8. The Hall–Kier alpha value is -7.43. The minimum atomic E-state index is -0.371. The second kappa shape index (κ2) is 14.3. The fourth-order valence-electron chi connectivity index (χ4n) is 12.0. The summed E-state index contributed by atoms with van der Waals surface area (Å²) in [6.45, 7) is 13.6. The highest BCUT2D eigenvalue weighted by molar-refractivity contribution is 7.00. The SMILES string of the molecule is CC(C)(C)c1ccc2c(c1)C1c3ccc(C(C)(C)C)cc3C2c2cc3c(cc21)B(c1c(-c2ccccc2)cc(-c2ccccc2)cc1-c1ccccc1)c1ccc2cccc4c2c1N3C(=O)O4. The number of hydrogen-bond donors (Lipinski definition) is 0. The monoisotopic (exact) mass is 863 g/mol. The smallest absolute Gasteiger partial charge is 0.409 e. The van der Waals surface area contributed by atoms with Crippen LogP contribution in [0.4, 0.5) is 16.2 Å². The van der Waals surface area contributed by atoms with Crippen molar-refractivity contribution in [3.63, 3.8) is 0 Å². The maximum absolute atomic E-state index is 14.9. The van der Waals surface area contributed by atoms with Crippen LogP contribution in [0.25, 0.3) is 44.2 Å². The second-order valence-corrected chi connectivity index (χ2v) is 21.2. The molecular weight excluding hydrogens is 814 g/mol. The third-order valence-electron chi connectivity index (χ3n) is 15.2. The maximum atomic E-state index is 14.9. The molecule has 9 aromatic carbocycles. The van der Waals surface area contributed by atoms with Crippen molar-refractivity contribution in [3.8, 4) is 39.1 Å². The van der Waals surface area contributed by atoms with Crippen molar-refractivity contribution < 1.29 is 9.53 Å². The summed E-state index contributed by atoms with van der Waals surface area (Å²) in [6.07, 6.45) is -0.371. The summed E-state index contributed by atoms with van der Waals surface area (Å²) in [4.78, 5) is 16.8. The van der Waals surface area contributed by atoms with Crippen LogP contribution in [-0.2, 0) is 10.8 Å². The van der Waals surface area contributed by atoms with Gasteiger partial charge in [-0.15, -0.1) is 0 Å². The molecule has 0 spiro atoms. The molecule has 322 valence electrons. The summed E-state index contributed by atoms with van der Waals surface area (Å²) in [6, 6.07) is 67.3. The Morgan fingerprint density at radius 1 is 0.463 bits per heavy atom. The highest BCUT2D eigenvalue weighted by Crippen LogP contribution is 2.58.